The van der Waals surface area contributed by atoms with E-state index in [4.69, 9.17) is 0 Å². The van der Waals surface area contributed by atoms with Gasteiger partial charge in [-0.2, -0.15) is 0 Å². The molecule has 1 saturated carbocycles. The van der Waals surface area contributed by atoms with Gasteiger partial charge in [0.05, 0.1) is 6.10 Å². The van der Waals surface area contributed by atoms with Crippen LogP contribution in [-0.2, 0) is 11.2 Å². The second-order valence-corrected chi connectivity index (χ2v) is 6.53. The van der Waals surface area contributed by atoms with Crippen LogP contribution in [0.25, 0.3) is 0 Å². The average Bonchev–Trinajstić information content (AvgIpc) is 2.48. The molecule has 0 radical (unpaired) electrons. The number of amides is 1. The highest BCUT2D eigenvalue weighted by atomic mass is 16.3. The van der Waals surface area contributed by atoms with Crippen molar-refractivity contribution in [3.8, 4) is 0 Å². The Labute approximate surface area is 133 Å². The Morgan fingerprint density at radius 3 is 2.45 bits per heavy atom. The van der Waals surface area contributed by atoms with Crippen LogP contribution < -0.4 is 10.2 Å². The Balaban J connectivity index is 1.77. The van der Waals surface area contributed by atoms with E-state index in [9.17, 15) is 9.90 Å². The maximum absolute atomic E-state index is 12.1. The van der Waals surface area contributed by atoms with Crippen LogP contribution in [0.15, 0.2) is 24.3 Å². The second kappa shape index (κ2) is 7.63. The molecule has 4 nitrogen and oxygen atoms in total. The van der Waals surface area contributed by atoms with Gasteiger partial charge in [0.2, 0.25) is 5.91 Å². The topological polar surface area (TPSA) is 52.6 Å². The van der Waals surface area contributed by atoms with Gasteiger partial charge in [-0.05, 0) is 49.3 Å². The van der Waals surface area contributed by atoms with Gasteiger partial charge in [-0.25, -0.2) is 0 Å². The minimum absolute atomic E-state index is 0.116. The van der Waals surface area contributed by atoms with Crippen LogP contribution >= 0.6 is 0 Å². The lowest BCUT2D eigenvalue weighted by Gasteiger charge is -2.37. The number of carbonyl (C=O) groups is 1. The zero-order valence-electron chi connectivity index (χ0n) is 13.9. The fourth-order valence-electron chi connectivity index (χ4n) is 3.01. The van der Waals surface area contributed by atoms with Crippen LogP contribution in [0.1, 0.15) is 38.2 Å². The molecule has 0 aromatic heterocycles. The lowest BCUT2D eigenvalue weighted by Crippen LogP contribution is -2.46. The summed E-state index contributed by atoms with van der Waals surface area (Å²) in [6, 6.07) is 8.55. The highest BCUT2D eigenvalue weighted by Crippen LogP contribution is 2.31. The number of anilines is 1. The van der Waals surface area contributed by atoms with Crippen molar-refractivity contribution >= 4 is 11.6 Å². The smallest absolute Gasteiger partial charge is 0.220 e. The summed E-state index contributed by atoms with van der Waals surface area (Å²) in [5.74, 6) is 0.563. The summed E-state index contributed by atoms with van der Waals surface area (Å²) in [5, 5.41) is 12.5. The van der Waals surface area contributed by atoms with Crippen molar-refractivity contribution in [2.75, 3.05) is 19.0 Å². The molecular weight excluding hydrogens is 276 g/mol. The summed E-state index contributed by atoms with van der Waals surface area (Å²) in [7, 11) is 4.04. The van der Waals surface area contributed by atoms with Crippen LogP contribution in [0, 0.1) is 5.92 Å². The number of carbonyl (C=O) groups excluding carboxylic acids is 1. The Kier molecular flexibility index (Phi) is 5.83. The van der Waals surface area contributed by atoms with Crippen LogP contribution in [0.3, 0.4) is 0 Å². The third-order valence-electron chi connectivity index (χ3n) is 4.60. The SMILES string of the molecule is CC[C@H](NC(=O)CCc1ccc(N(C)C)cc1)C1CC(O)C1. The van der Waals surface area contributed by atoms with Crippen LogP contribution in [-0.4, -0.2) is 37.3 Å². The summed E-state index contributed by atoms with van der Waals surface area (Å²) in [6.07, 6.45) is 3.71. The molecule has 1 aromatic carbocycles. The first-order valence-corrected chi connectivity index (χ1v) is 8.23. The number of aliphatic hydroxyl groups excluding tert-OH is 1. The highest BCUT2D eigenvalue weighted by Gasteiger charge is 2.33. The molecule has 0 spiro atoms. The molecule has 0 unspecified atom stereocenters. The molecule has 22 heavy (non-hydrogen) atoms. The summed E-state index contributed by atoms with van der Waals surface area (Å²) in [4.78, 5) is 14.2. The van der Waals surface area contributed by atoms with Gasteiger partial charge in [0.15, 0.2) is 0 Å². The molecule has 1 aromatic rings. The van der Waals surface area contributed by atoms with E-state index in [1.54, 1.807) is 0 Å². The number of hydrogen-bond acceptors (Lipinski definition) is 3. The standard InChI is InChI=1S/C18H28N2O2/c1-4-17(14-11-16(21)12-14)19-18(22)10-7-13-5-8-15(9-6-13)20(2)3/h5-6,8-9,14,16-17,21H,4,7,10-12H2,1-3H3,(H,19,22)/t14?,16?,17-/m0/s1. The molecule has 4 heteroatoms. The Hall–Kier alpha value is -1.55. The van der Waals surface area contributed by atoms with Crippen molar-refractivity contribution in [1.82, 2.24) is 5.32 Å². The van der Waals surface area contributed by atoms with E-state index >= 15 is 0 Å². The monoisotopic (exact) mass is 304 g/mol. The third-order valence-corrected chi connectivity index (χ3v) is 4.60. The van der Waals surface area contributed by atoms with Gasteiger partial charge in [-0.1, -0.05) is 19.1 Å². The van der Waals surface area contributed by atoms with Crippen molar-refractivity contribution in [1.29, 1.82) is 0 Å². The Morgan fingerprint density at radius 1 is 1.32 bits per heavy atom. The van der Waals surface area contributed by atoms with Crippen LogP contribution in [0.2, 0.25) is 0 Å². The first-order chi connectivity index (χ1) is 10.5. The summed E-state index contributed by atoms with van der Waals surface area (Å²) < 4.78 is 0. The minimum atomic E-state index is -0.161. The van der Waals surface area contributed by atoms with Gasteiger partial charge in [-0.15, -0.1) is 0 Å². The van der Waals surface area contributed by atoms with E-state index in [0.717, 1.165) is 25.7 Å². The summed E-state index contributed by atoms with van der Waals surface area (Å²) in [6.45, 7) is 2.09. The van der Waals surface area contributed by atoms with Gasteiger partial charge < -0.3 is 15.3 Å². The van der Waals surface area contributed by atoms with Crippen LogP contribution in [0.5, 0.6) is 0 Å². The van der Waals surface area contributed by atoms with Gasteiger partial charge in [0, 0.05) is 32.2 Å². The first-order valence-electron chi connectivity index (χ1n) is 8.23. The van der Waals surface area contributed by atoms with Crippen molar-refractivity contribution in [3.05, 3.63) is 29.8 Å². The normalized spacial score (nSPS) is 21.8. The molecule has 1 atom stereocenters. The number of rotatable bonds is 7. The van der Waals surface area contributed by atoms with Crippen molar-refractivity contribution in [3.63, 3.8) is 0 Å². The molecule has 2 N–H and O–H groups in total. The fraction of sp³-hybridized carbons (Fsp3) is 0.611. The highest BCUT2D eigenvalue weighted by molar-refractivity contribution is 5.76. The van der Waals surface area contributed by atoms with Gasteiger partial charge in [-0.3, -0.25) is 4.79 Å². The lowest BCUT2D eigenvalue weighted by molar-refractivity contribution is -0.123. The minimum Gasteiger partial charge on any atom is -0.393 e. The third kappa shape index (κ3) is 4.47. The van der Waals surface area contributed by atoms with Crippen molar-refractivity contribution in [2.45, 2.75) is 51.2 Å². The summed E-state index contributed by atoms with van der Waals surface area (Å²) >= 11 is 0. The fourth-order valence-corrected chi connectivity index (χ4v) is 3.01. The molecule has 1 aliphatic rings. The number of nitrogens with zero attached hydrogens (tertiary/aromatic N) is 1. The molecular formula is C18H28N2O2. The maximum Gasteiger partial charge on any atom is 0.220 e. The number of hydrogen-bond donors (Lipinski definition) is 2. The Morgan fingerprint density at radius 2 is 1.95 bits per heavy atom. The number of benzene rings is 1. The van der Waals surface area contributed by atoms with E-state index in [-0.39, 0.29) is 18.1 Å². The Bertz CT molecular complexity index is 478. The molecule has 1 amide bonds. The zero-order valence-corrected chi connectivity index (χ0v) is 13.9. The predicted octanol–water partition coefficient (Wildman–Crippen LogP) is 2.35. The predicted molar refractivity (Wildman–Crippen MR) is 90.0 cm³/mol. The van der Waals surface area contributed by atoms with E-state index in [1.165, 1.54) is 11.3 Å². The van der Waals surface area contributed by atoms with E-state index in [2.05, 4.69) is 41.4 Å². The first kappa shape index (κ1) is 16.8. The number of aryl methyl sites for hydroxylation is 1. The maximum atomic E-state index is 12.1. The van der Waals surface area contributed by atoms with Crippen molar-refractivity contribution in [2.24, 2.45) is 5.92 Å². The number of nitrogens with one attached hydrogen (secondary N) is 1. The summed E-state index contributed by atoms with van der Waals surface area (Å²) in [5.41, 5.74) is 2.36. The lowest BCUT2D eigenvalue weighted by atomic mass is 9.76. The second-order valence-electron chi connectivity index (χ2n) is 6.53. The van der Waals surface area contributed by atoms with E-state index in [0.29, 0.717) is 12.3 Å². The van der Waals surface area contributed by atoms with Gasteiger partial charge >= 0.3 is 0 Å². The molecule has 0 saturated heterocycles. The average molecular weight is 304 g/mol. The largest absolute Gasteiger partial charge is 0.393 e. The molecule has 1 aliphatic carbocycles. The number of aliphatic hydroxyl groups is 1. The molecule has 122 valence electrons. The van der Waals surface area contributed by atoms with Crippen molar-refractivity contribution < 1.29 is 9.90 Å². The van der Waals surface area contributed by atoms with E-state index < -0.39 is 0 Å². The van der Waals surface area contributed by atoms with Gasteiger partial charge in [0.25, 0.3) is 0 Å². The molecule has 0 bridgehead atoms. The quantitative estimate of drug-likeness (QED) is 0.813. The molecule has 0 heterocycles. The van der Waals surface area contributed by atoms with E-state index in [1.807, 2.05) is 14.1 Å². The van der Waals surface area contributed by atoms with Gasteiger partial charge in [0.1, 0.15) is 0 Å². The zero-order chi connectivity index (χ0) is 16.1. The molecule has 1 fully saturated rings. The molecule has 0 aliphatic heterocycles. The van der Waals surface area contributed by atoms with Crippen LogP contribution in [0.4, 0.5) is 5.69 Å². The molecule has 2 rings (SSSR count).